The average Bonchev–Trinajstić information content (AvgIpc) is 2.59. The molecule has 1 saturated heterocycles. The number of rotatable bonds is 5. The Morgan fingerprint density at radius 2 is 2.04 bits per heavy atom. The van der Waals surface area contributed by atoms with Crippen molar-refractivity contribution in [1.29, 1.82) is 0 Å². The van der Waals surface area contributed by atoms with Crippen LogP contribution in [0.4, 0.5) is 0 Å². The minimum absolute atomic E-state index is 0.143. The Labute approximate surface area is 149 Å². The zero-order chi connectivity index (χ0) is 17.4. The van der Waals surface area contributed by atoms with E-state index in [2.05, 4.69) is 21.8 Å². The Morgan fingerprint density at radius 3 is 2.67 bits per heavy atom. The van der Waals surface area contributed by atoms with Crippen LogP contribution in [-0.2, 0) is 11.2 Å². The van der Waals surface area contributed by atoms with Crippen LogP contribution in [0, 0.1) is 0 Å². The summed E-state index contributed by atoms with van der Waals surface area (Å²) < 4.78 is 0. The van der Waals surface area contributed by atoms with Crippen LogP contribution < -0.4 is 5.32 Å². The molecule has 1 aromatic rings. The number of guanidine groups is 1. The fourth-order valence-corrected chi connectivity index (χ4v) is 2.89. The molecule has 1 fully saturated rings. The van der Waals surface area contributed by atoms with Crippen molar-refractivity contribution >= 4 is 23.5 Å². The highest BCUT2D eigenvalue weighted by Crippen LogP contribution is 2.13. The maximum absolute atomic E-state index is 12.5. The van der Waals surface area contributed by atoms with Gasteiger partial charge < -0.3 is 15.1 Å². The lowest BCUT2D eigenvalue weighted by Gasteiger charge is -2.36. The number of aliphatic imine (C=N–C) groups is 1. The van der Waals surface area contributed by atoms with Crippen molar-refractivity contribution in [3.63, 3.8) is 0 Å². The zero-order valence-electron chi connectivity index (χ0n) is 14.2. The first-order valence-electron chi connectivity index (χ1n) is 8.30. The van der Waals surface area contributed by atoms with Gasteiger partial charge in [0.2, 0.25) is 5.91 Å². The third kappa shape index (κ3) is 5.27. The molecular weight excluding hydrogens is 324 g/mol. The molecule has 0 radical (unpaired) electrons. The molecular formula is C18H25ClN4O. The maximum atomic E-state index is 12.5. The average molecular weight is 349 g/mol. The Bertz CT molecular complexity index is 594. The molecule has 0 aliphatic carbocycles. The van der Waals surface area contributed by atoms with E-state index in [4.69, 9.17) is 11.6 Å². The van der Waals surface area contributed by atoms with Crippen LogP contribution in [0.15, 0.2) is 41.9 Å². The smallest absolute Gasteiger partial charge is 0.227 e. The number of nitrogens with zero attached hydrogens (tertiary/aromatic N) is 3. The number of benzene rings is 1. The van der Waals surface area contributed by atoms with E-state index >= 15 is 0 Å². The fourth-order valence-electron chi connectivity index (χ4n) is 2.68. The van der Waals surface area contributed by atoms with Gasteiger partial charge >= 0.3 is 0 Å². The number of hydrogen-bond donors (Lipinski definition) is 1. The third-order valence-corrected chi connectivity index (χ3v) is 4.12. The highest BCUT2D eigenvalue weighted by Gasteiger charge is 2.22. The second-order valence-corrected chi connectivity index (χ2v) is 6.09. The van der Waals surface area contributed by atoms with Gasteiger partial charge in [-0.3, -0.25) is 4.79 Å². The monoisotopic (exact) mass is 348 g/mol. The molecule has 130 valence electrons. The molecule has 2 rings (SSSR count). The molecule has 0 saturated carbocycles. The van der Waals surface area contributed by atoms with Gasteiger partial charge in [-0.1, -0.05) is 29.8 Å². The summed E-state index contributed by atoms with van der Waals surface area (Å²) in [6, 6.07) is 7.48. The van der Waals surface area contributed by atoms with Crippen LogP contribution in [0.3, 0.4) is 0 Å². The lowest BCUT2D eigenvalue weighted by Crippen LogP contribution is -2.54. The van der Waals surface area contributed by atoms with Gasteiger partial charge in [0.25, 0.3) is 0 Å². The molecule has 0 atom stereocenters. The summed E-state index contributed by atoms with van der Waals surface area (Å²) >= 11 is 5.98. The van der Waals surface area contributed by atoms with E-state index in [1.54, 1.807) is 6.08 Å². The minimum Gasteiger partial charge on any atom is -0.357 e. The molecule has 1 amide bonds. The standard InChI is InChI=1S/C18H25ClN4O/c1-3-8-21-18(20-4-2)23-11-9-22(10-12-23)17(24)14-15-6-5-7-16(19)13-15/h3,5-7,13H,1,4,8-12,14H2,2H3,(H,20,21). The summed E-state index contributed by atoms with van der Waals surface area (Å²) in [4.78, 5) is 21.1. The molecule has 6 heteroatoms. The number of nitrogens with one attached hydrogen (secondary N) is 1. The van der Waals surface area contributed by atoms with E-state index in [1.807, 2.05) is 36.1 Å². The molecule has 24 heavy (non-hydrogen) atoms. The van der Waals surface area contributed by atoms with Crippen LogP contribution in [0.5, 0.6) is 0 Å². The first kappa shape index (κ1) is 18.3. The second kappa shape index (κ2) is 9.33. The van der Waals surface area contributed by atoms with Gasteiger partial charge in [-0.15, -0.1) is 6.58 Å². The molecule has 1 heterocycles. The van der Waals surface area contributed by atoms with Crippen LogP contribution in [-0.4, -0.2) is 60.9 Å². The summed E-state index contributed by atoms with van der Waals surface area (Å²) in [5, 5.41) is 3.95. The van der Waals surface area contributed by atoms with Crippen molar-refractivity contribution in [3.8, 4) is 0 Å². The number of hydrogen-bond acceptors (Lipinski definition) is 2. The van der Waals surface area contributed by atoms with Gasteiger partial charge in [-0.25, -0.2) is 4.99 Å². The number of amides is 1. The molecule has 1 aliphatic heterocycles. The molecule has 5 nitrogen and oxygen atoms in total. The Kier molecular flexibility index (Phi) is 7.12. The first-order valence-corrected chi connectivity index (χ1v) is 8.68. The number of piperazine rings is 1. The SMILES string of the molecule is C=CCN=C(NCC)N1CCN(C(=O)Cc2cccc(Cl)c2)CC1. The van der Waals surface area contributed by atoms with E-state index in [9.17, 15) is 4.79 Å². The molecule has 0 unspecified atom stereocenters. The van der Waals surface area contributed by atoms with Crippen LogP contribution in [0.25, 0.3) is 0 Å². The molecule has 0 spiro atoms. The van der Waals surface area contributed by atoms with Crippen molar-refractivity contribution in [2.24, 2.45) is 4.99 Å². The maximum Gasteiger partial charge on any atom is 0.227 e. The first-order chi connectivity index (χ1) is 11.6. The molecule has 0 aromatic heterocycles. The van der Waals surface area contributed by atoms with Gasteiger partial charge in [0.15, 0.2) is 5.96 Å². The van der Waals surface area contributed by atoms with Gasteiger partial charge in [0, 0.05) is 37.7 Å². The summed E-state index contributed by atoms with van der Waals surface area (Å²) in [5.74, 6) is 1.03. The molecule has 0 bridgehead atoms. The highest BCUT2D eigenvalue weighted by molar-refractivity contribution is 6.30. The molecule has 1 aromatic carbocycles. The van der Waals surface area contributed by atoms with Crippen molar-refractivity contribution in [3.05, 3.63) is 47.5 Å². The lowest BCUT2D eigenvalue weighted by atomic mass is 10.1. The number of carbonyl (C=O) groups is 1. The van der Waals surface area contributed by atoms with Gasteiger partial charge in [-0.2, -0.15) is 0 Å². The largest absolute Gasteiger partial charge is 0.357 e. The van der Waals surface area contributed by atoms with Crippen molar-refractivity contribution in [2.75, 3.05) is 39.3 Å². The second-order valence-electron chi connectivity index (χ2n) is 5.66. The van der Waals surface area contributed by atoms with Crippen molar-refractivity contribution in [2.45, 2.75) is 13.3 Å². The summed E-state index contributed by atoms with van der Waals surface area (Å²) in [5.41, 5.74) is 0.954. The normalized spacial score (nSPS) is 15.3. The van der Waals surface area contributed by atoms with Gasteiger partial charge in [0.05, 0.1) is 13.0 Å². The minimum atomic E-state index is 0.143. The molecule has 1 N–H and O–H groups in total. The van der Waals surface area contributed by atoms with E-state index in [0.717, 1.165) is 31.2 Å². The zero-order valence-corrected chi connectivity index (χ0v) is 14.9. The van der Waals surface area contributed by atoms with E-state index in [1.165, 1.54) is 0 Å². The van der Waals surface area contributed by atoms with Crippen LogP contribution >= 0.6 is 11.6 Å². The highest BCUT2D eigenvalue weighted by atomic mass is 35.5. The van der Waals surface area contributed by atoms with E-state index in [0.29, 0.717) is 31.1 Å². The molecule has 1 aliphatic rings. The summed E-state index contributed by atoms with van der Waals surface area (Å²) in [7, 11) is 0. The predicted octanol–water partition coefficient (Wildman–Crippen LogP) is 2.18. The summed E-state index contributed by atoms with van der Waals surface area (Å²) in [6.45, 7) is 10.1. The van der Waals surface area contributed by atoms with E-state index < -0.39 is 0 Å². The summed E-state index contributed by atoms with van der Waals surface area (Å²) in [6.07, 6.45) is 2.17. The number of halogens is 1. The van der Waals surface area contributed by atoms with Gasteiger partial charge in [0.1, 0.15) is 0 Å². The predicted molar refractivity (Wildman–Crippen MR) is 99.5 cm³/mol. The topological polar surface area (TPSA) is 47.9 Å². The van der Waals surface area contributed by atoms with Crippen LogP contribution in [0.2, 0.25) is 5.02 Å². The van der Waals surface area contributed by atoms with Crippen molar-refractivity contribution in [1.82, 2.24) is 15.1 Å². The Balaban J connectivity index is 1.89. The van der Waals surface area contributed by atoms with Crippen molar-refractivity contribution < 1.29 is 4.79 Å². The fraction of sp³-hybridized carbons (Fsp3) is 0.444. The Morgan fingerprint density at radius 1 is 1.33 bits per heavy atom. The van der Waals surface area contributed by atoms with Gasteiger partial charge in [-0.05, 0) is 24.6 Å². The quantitative estimate of drug-likeness (QED) is 0.504. The van der Waals surface area contributed by atoms with E-state index in [-0.39, 0.29) is 5.91 Å². The number of carbonyl (C=O) groups excluding carboxylic acids is 1. The third-order valence-electron chi connectivity index (χ3n) is 3.88. The van der Waals surface area contributed by atoms with Crippen LogP contribution in [0.1, 0.15) is 12.5 Å². The Hall–Kier alpha value is -2.01. The lowest BCUT2D eigenvalue weighted by molar-refractivity contribution is -0.131.